The number of rotatable bonds is 5. The standard InChI is InChI=1S/C16H21N3O2/c1-21-15-7-6-11(9-17)8-12(15)10-19-14-5-3-2-4-13(14)16(18)20/h6-8,13-14,19H,2-5,10H2,1H3,(H2,18,20). The van der Waals surface area contributed by atoms with Crippen LogP contribution in [-0.2, 0) is 11.3 Å². The first-order valence-electron chi connectivity index (χ1n) is 7.25. The number of methoxy groups -OCH3 is 1. The lowest BCUT2D eigenvalue weighted by Gasteiger charge is -2.30. The van der Waals surface area contributed by atoms with E-state index in [1.165, 1.54) is 0 Å². The lowest BCUT2D eigenvalue weighted by molar-refractivity contribution is -0.123. The number of carbonyl (C=O) groups is 1. The molecule has 0 aromatic heterocycles. The number of primary amides is 1. The largest absolute Gasteiger partial charge is 0.496 e. The lowest BCUT2D eigenvalue weighted by Crippen LogP contribution is -2.44. The smallest absolute Gasteiger partial charge is 0.222 e. The van der Waals surface area contributed by atoms with Gasteiger partial charge in [-0.25, -0.2) is 0 Å². The van der Waals surface area contributed by atoms with Gasteiger partial charge in [0, 0.05) is 18.2 Å². The quantitative estimate of drug-likeness (QED) is 0.862. The van der Waals surface area contributed by atoms with Crippen molar-refractivity contribution in [1.82, 2.24) is 5.32 Å². The van der Waals surface area contributed by atoms with Gasteiger partial charge in [-0.05, 0) is 31.0 Å². The summed E-state index contributed by atoms with van der Waals surface area (Å²) < 4.78 is 5.32. The van der Waals surface area contributed by atoms with E-state index in [1.807, 2.05) is 6.07 Å². The Hall–Kier alpha value is -2.06. The molecule has 1 aliphatic rings. The van der Waals surface area contributed by atoms with Crippen molar-refractivity contribution in [2.45, 2.75) is 38.3 Å². The summed E-state index contributed by atoms with van der Waals surface area (Å²) >= 11 is 0. The van der Waals surface area contributed by atoms with Crippen LogP contribution in [0.4, 0.5) is 0 Å². The SMILES string of the molecule is COc1ccc(C#N)cc1CNC1CCCCC1C(N)=O. The fraction of sp³-hybridized carbons (Fsp3) is 0.500. The number of nitrogens with two attached hydrogens (primary N) is 1. The van der Waals surface area contributed by atoms with E-state index in [-0.39, 0.29) is 17.9 Å². The molecule has 21 heavy (non-hydrogen) atoms. The van der Waals surface area contributed by atoms with Crippen molar-refractivity contribution in [3.05, 3.63) is 29.3 Å². The summed E-state index contributed by atoms with van der Waals surface area (Å²) in [5.41, 5.74) is 7.00. The summed E-state index contributed by atoms with van der Waals surface area (Å²) in [6, 6.07) is 7.57. The lowest BCUT2D eigenvalue weighted by atomic mass is 9.84. The van der Waals surface area contributed by atoms with Crippen molar-refractivity contribution in [1.29, 1.82) is 5.26 Å². The molecule has 0 saturated heterocycles. The van der Waals surface area contributed by atoms with Crippen LogP contribution in [0.2, 0.25) is 0 Å². The van der Waals surface area contributed by atoms with E-state index >= 15 is 0 Å². The predicted molar refractivity (Wildman–Crippen MR) is 79.5 cm³/mol. The molecule has 1 amide bonds. The Balaban J connectivity index is 2.08. The van der Waals surface area contributed by atoms with Crippen LogP contribution in [0.3, 0.4) is 0 Å². The molecule has 0 radical (unpaired) electrons. The number of ether oxygens (including phenoxy) is 1. The van der Waals surface area contributed by atoms with E-state index in [0.29, 0.717) is 12.1 Å². The number of nitriles is 1. The van der Waals surface area contributed by atoms with E-state index in [4.69, 9.17) is 15.7 Å². The zero-order chi connectivity index (χ0) is 15.2. The second kappa shape index (κ2) is 7.09. The maximum atomic E-state index is 11.5. The van der Waals surface area contributed by atoms with E-state index in [9.17, 15) is 4.79 Å². The minimum absolute atomic E-state index is 0.103. The van der Waals surface area contributed by atoms with E-state index in [2.05, 4.69) is 11.4 Å². The molecule has 1 aliphatic carbocycles. The Labute approximate surface area is 125 Å². The van der Waals surface area contributed by atoms with Gasteiger partial charge < -0.3 is 15.8 Å². The van der Waals surface area contributed by atoms with Crippen LogP contribution >= 0.6 is 0 Å². The minimum atomic E-state index is -0.232. The Bertz CT molecular complexity index is 551. The van der Waals surface area contributed by atoms with Crippen molar-refractivity contribution in [3.63, 3.8) is 0 Å². The first kappa shape index (κ1) is 15.3. The third kappa shape index (κ3) is 3.73. The maximum Gasteiger partial charge on any atom is 0.222 e. The van der Waals surface area contributed by atoms with Crippen LogP contribution in [-0.4, -0.2) is 19.1 Å². The third-order valence-corrected chi connectivity index (χ3v) is 4.10. The molecule has 1 saturated carbocycles. The molecule has 2 unspecified atom stereocenters. The molecule has 0 heterocycles. The van der Waals surface area contributed by atoms with E-state index < -0.39 is 0 Å². The fourth-order valence-corrected chi connectivity index (χ4v) is 2.94. The molecule has 112 valence electrons. The van der Waals surface area contributed by atoms with Gasteiger partial charge in [-0.2, -0.15) is 5.26 Å². The van der Waals surface area contributed by atoms with Gasteiger partial charge in [0.1, 0.15) is 5.75 Å². The molecule has 2 atom stereocenters. The molecule has 0 aliphatic heterocycles. The van der Waals surface area contributed by atoms with Gasteiger partial charge in [-0.3, -0.25) is 4.79 Å². The third-order valence-electron chi connectivity index (χ3n) is 4.10. The number of amides is 1. The molecule has 3 N–H and O–H groups in total. The van der Waals surface area contributed by atoms with Crippen molar-refractivity contribution in [3.8, 4) is 11.8 Å². The highest BCUT2D eigenvalue weighted by atomic mass is 16.5. The van der Waals surface area contributed by atoms with Crippen molar-refractivity contribution >= 4 is 5.91 Å². The molecular weight excluding hydrogens is 266 g/mol. The summed E-state index contributed by atoms with van der Waals surface area (Å²) in [6.07, 6.45) is 3.96. The molecule has 0 spiro atoms. The van der Waals surface area contributed by atoms with Crippen LogP contribution in [0.15, 0.2) is 18.2 Å². The number of hydrogen-bond acceptors (Lipinski definition) is 4. The van der Waals surface area contributed by atoms with Gasteiger partial charge in [0.25, 0.3) is 0 Å². The normalized spacial score (nSPS) is 21.5. The van der Waals surface area contributed by atoms with Gasteiger partial charge in [0.15, 0.2) is 0 Å². The van der Waals surface area contributed by atoms with Gasteiger partial charge in [0.2, 0.25) is 5.91 Å². The van der Waals surface area contributed by atoms with Crippen LogP contribution in [0.5, 0.6) is 5.75 Å². The molecule has 1 fully saturated rings. The predicted octanol–water partition coefficient (Wildman–Crippen LogP) is 1.70. The van der Waals surface area contributed by atoms with Crippen LogP contribution in [0.25, 0.3) is 0 Å². The number of benzene rings is 1. The monoisotopic (exact) mass is 287 g/mol. The number of nitrogens with zero attached hydrogens (tertiary/aromatic N) is 1. The average molecular weight is 287 g/mol. The van der Waals surface area contributed by atoms with Crippen LogP contribution < -0.4 is 15.8 Å². The zero-order valence-electron chi connectivity index (χ0n) is 12.3. The molecule has 5 heteroatoms. The first-order chi connectivity index (χ1) is 10.2. The van der Waals surface area contributed by atoms with Gasteiger partial charge in [-0.1, -0.05) is 12.8 Å². The summed E-state index contributed by atoms with van der Waals surface area (Å²) in [7, 11) is 1.61. The molecule has 0 bridgehead atoms. The Morgan fingerprint density at radius 1 is 1.48 bits per heavy atom. The highest BCUT2D eigenvalue weighted by Gasteiger charge is 2.28. The van der Waals surface area contributed by atoms with Crippen molar-refractivity contribution in [2.24, 2.45) is 11.7 Å². The number of hydrogen-bond donors (Lipinski definition) is 2. The van der Waals surface area contributed by atoms with E-state index in [0.717, 1.165) is 37.0 Å². The summed E-state index contributed by atoms with van der Waals surface area (Å²) in [5, 5.41) is 12.4. The first-order valence-corrected chi connectivity index (χ1v) is 7.25. The van der Waals surface area contributed by atoms with E-state index in [1.54, 1.807) is 19.2 Å². The molecule has 5 nitrogen and oxygen atoms in total. The Morgan fingerprint density at radius 2 is 2.24 bits per heavy atom. The van der Waals surface area contributed by atoms with Crippen LogP contribution in [0.1, 0.15) is 36.8 Å². The van der Waals surface area contributed by atoms with Gasteiger partial charge >= 0.3 is 0 Å². The Kier molecular flexibility index (Phi) is 5.18. The Morgan fingerprint density at radius 3 is 2.90 bits per heavy atom. The second-order valence-corrected chi connectivity index (χ2v) is 5.42. The van der Waals surface area contributed by atoms with Crippen LogP contribution in [0, 0.1) is 17.2 Å². The van der Waals surface area contributed by atoms with Gasteiger partial charge in [-0.15, -0.1) is 0 Å². The highest BCUT2D eigenvalue weighted by molar-refractivity contribution is 5.77. The summed E-state index contributed by atoms with van der Waals surface area (Å²) in [5.74, 6) is 0.404. The molecule has 2 rings (SSSR count). The molecular formula is C16H21N3O2. The fourth-order valence-electron chi connectivity index (χ4n) is 2.94. The van der Waals surface area contributed by atoms with Crippen molar-refractivity contribution < 1.29 is 9.53 Å². The van der Waals surface area contributed by atoms with Crippen molar-refractivity contribution in [2.75, 3.05) is 7.11 Å². The van der Waals surface area contributed by atoms with Gasteiger partial charge in [0.05, 0.1) is 24.7 Å². The average Bonchev–Trinajstić information content (AvgIpc) is 2.52. The maximum absolute atomic E-state index is 11.5. The zero-order valence-corrected chi connectivity index (χ0v) is 12.3. The number of carbonyl (C=O) groups excluding carboxylic acids is 1. The second-order valence-electron chi connectivity index (χ2n) is 5.42. The molecule has 1 aromatic carbocycles. The highest BCUT2D eigenvalue weighted by Crippen LogP contribution is 2.26. The summed E-state index contributed by atoms with van der Waals surface area (Å²) in [6.45, 7) is 0.563. The number of nitrogens with one attached hydrogen (secondary N) is 1. The molecule has 1 aromatic rings. The topological polar surface area (TPSA) is 88.1 Å². The minimum Gasteiger partial charge on any atom is -0.496 e. The summed E-state index contributed by atoms with van der Waals surface area (Å²) in [4.78, 5) is 11.5.